The molecular formula is C12H21N. The van der Waals surface area contributed by atoms with E-state index in [0.717, 1.165) is 11.4 Å². The molecule has 1 aromatic rings. The number of nitrogens with zero attached hydrogens (tertiary/aromatic N) is 1. The highest BCUT2D eigenvalue weighted by molar-refractivity contribution is 5.16. The Labute approximate surface area is 82.2 Å². The highest BCUT2D eigenvalue weighted by atomic mass is 14.7. The van der Waals surface area contributed by atoms with Crippen molar-refractivity contribution in [1.82, 2.24) is 4.98 Å². The van der Waals surface area contributed by atoms with Crippen LogP contribution in [-0.2, 0) is 5.41 Å². The largest absolute Gasteiger partial charge is 0.258 e. The first-order valence-corrected chi connectivity index (χ1v) is 4.94. The summed E-state index contributed by atoms with van der Waals surface area (Å²) in [5.74, 6) is 0. The van der Waals surface area contributed by atoms with Crippen molar-refractivity contribution in [1.29, 1.82) is 0 Å². The smallest absolute Gasteiger partial charge is 0.0460 e. The highest BCUT2D eigenvalue weighted by Crippen LogP contribution is 2.19. The SMILES string of the molecule is CC.Cc1cccc(C(C)(C)C)n1. The van der Waals surface area contributed by atoms with Crippen molar-refractivity contribution >= 4 is 0 Å². The van der Waals surface area contributed by atoms with Crippen molar-refractivity contribution < 1.29 is 0 Å². The predicted octanol–water partition coefficient (Wildman–Crippen LogP) is 3.71. The van der Waals surface area contributed by atoms with Crippen molar-refractivity contribution in [3.8, 4) is 0 Å². The molecule has 0 unspecified atom stereocenters. The van der Waals surface area contributed by atoms with Gasteiger partial charge in [0, 0.05) is 16.8 Å². The van der Waals surface area contributed by atoms with Crippen molar-refractivity contribution in [3.05, 3.63) is 29.6 Å². The Bertz CT molecular complexity index is 246. The average Bonchev–Trinajstić information content (AvgIpc) is 2.06. The van der Waals surface area contributed by atoms with Gasteiger partial charge in [0.2, 0.25) is 0 Å². The van der Waals surface area contributed by atoms with Crippen LogP contribution in [0.2, 0.25) is 0 Å². The van der Waals surface area contributed by atoms with Crippen molar-refractivity contribution in [2.75, 3.05) is 0 Å². The molecule has 0 saturated heterocycles. The summed E-state index contributed by atoms with van der Waals surface area (Å²) in [4.78, 5) is 4.44. The summed E-state index contributed by atoms with van der Waals surface area (Å²) in [6, 6.07) is 6.16. The van der Waals surface area contributed by atoms with Crippen molar-refractivity contribution in [2.45, 2.75) is 47.0 Å². The molecule has 74 valence electrons. The standard InChI is InChI=1S/C10H15N.C2H6/c1-8-6-5-7-9(11-8)10(2,3)4;1-2/h5-7H,1-4H3;1-2H3. The molecule has 0 bridgehead atoms. The Morgan fingerprint density at radius 2 is 1.62 bits per heavy atom. The van der Waals surface area contributed by atoms with Gasteiger partial charge in [0.05, 0.1) is 0 Å². The molecule has 0 spiro atoms. The molecule has 0 aliphatic heterocycles. The molecule has 0 N–H and O–H groups in total. The fourth-order valence-corrected chi connectivity index (χ4v) is 0.961. The van der Waals surface area contributed by atoms with Crippen molar-refractivity contribution in [2.24, 2.45) is 0 Å². The molecular weight excluding hydrogens is 158 g/mol. The van der Waals surface area contributed by atoms with E-state index < -0.39 is 0 Å². The van der Waals surface area contributed by atoms with Crippen LogP contribution in [0.5, 0.6) is 0 Å². The second kappa shape index (κ2) is 5.00. The molecule has 1 aromatic heterocycles. The summed E-state index contributed by atoms with van der Waals surface area (Å²) >= 11 is 0. The van der Waals surface area contributed by atoms with Crippen LogP contribution in [0.15, 0.2) is 18.2 Å². The first kappa shape index (κ1) is 12.2. The first-order valence-electron chi connectivity index (χ1n) is 4.94. The summed E-state index contributed by atoms with van der Waals surface area (Å²) in [5, 5.41) is 0. The van der Waals surface area contributed by atoms with Gasteiger partial charge in [-0.1, -0.05) is 40.7 Å². The molecule has 0 saturated carbocycles. The fourth-order valence-electron chi connectivity index (χ4n) is 0.961. The van der Waals surface area contributed by atoms with E-state index in [1.54, 1.807) is 0 Å². The maximum atomic E-state index is 4.44. The lowest BCUT2D eigenvalue weighted by Crippen LogP contribution is -2.13. The molecule has 13 heavy (non-hydrogen) atoms. The van der Waals surface area contributed by atoms with Gasteiger partial charge in [-0.25, -0.2) is 0 Å². The second-order valence-corrected chi connectivity index (χ2v) is 3.91. The van der Waals surface area contributed by atoms with E-state index in [2.05, 4.69) is 37.9 Å². The van der Waals surface area contributed by atoms with Gasteiger partial charge in [-0.15, -0.1) is 0 Å². The third-order valence-corrected chi connectivity index (χ3v) is 1.66. The zero-order valence-corrected chi connectivity index (χ0v) is 9.68. The van der Waals surface area contributed by atoms with E-state index in [0.29, 0.717) is 0 Å². The number of pyridine rings is 1. The van der Waals surface area contributed by atoms with Gasteiger partial charge in [-0.05, 0) is 19.1 Å². The van der Waals surface area contributed by atoms with Gasteiger partial charge < -0.3 is 0 Å². The lowest BCUT2D eigenvalue weighted by molar-refractivity contribution is 0.567. The van der Waals surface area contributed by atoms with Crippen LogP contribution >= 0.6 is 0 Å². The molecule has 0 atom stereocenters. The molecule has 0 amide bonds. The quantitative estimate of drug-likeness (QED) is 0.591. The Morgan fingerprint density at radius 3 is 1.92 bits per heavy atom. The normalized spacial score (nSPS) is 10.3. The maximum Gasteiger partial charge on any atom is 0.0460 e. The van der Waals surface area contributed by atoms with Gasteiger partial charge in [0.1, 0.15) is 0 Å². The summed E-state index contributed by atoms with van der Waals surface area (Å²) < 4.78 is 0. The summed E-state index contributed by atoms with van der Waals surface area (Å²) in [6.45, 7) is 12.5. The molecule has 0 radical (unpaired) electrons. The Balaban J connectivity index is 0.000000671. The van der Waals surface area contributed by atoms with Gasteiger partial charge in [0.25, 0.3) is 0 Å². The zero-order valence-electron chi connectivity index (χ0n) is 9.68. The van der Waals surface area contributed by atoms with Crippen LogP contribution in [-0.4, -0.2) is 4.98 Å². The number of rotatable bonds is 0. The molecule has 0 aromatic carbocycles. The van der Waals surface area contributed by atoms with E-state index >= 15 is 0 Å². The van der Waals surface area contributed by atoms with E-state index in [4.69, 9.17) is 0 Å². The highest BCUT2D eigenvalue weighted by Gasteiger charge is 2.14. The van der Waals surface area contributed by atoms with Gasteiger partial charge in [0.15, 0.2) is 0 Å². The number of aryl methyl sites for hydroxylation is 1. The number of hydrogen-bond donors (Lipinski definition) is 0. The van der Waals surface area contributed by atoms with E-state index in [9.17, 15) is 0 Å². The van der Waals surface area contributed by atoms with Crippen molar-refractivity contribution in [3.63, 3.8) is 0 Å². The van der Waals surface area contributed by atoms with E-state index in [1.807, 2.05) is 26.8 Å². The van der Waals surface area contributed by atoms with Crippen LogP contribution in [0.1, 0.15) is 46.0 Å². The molecule has 1 rings (SSSR count). The molecule has 1 heterocycles. The average molecular weight is 179 g/mol. The number of hydrogen-bond acceptors (Lipinski definition) is 1. The molecule has 0 aliphatic carbocycles. The minimum Gasteiger partial charge on any atom is -0.258 e. The lowest BCUT2D eigenvalue weighted by Gasteiger charge is -2.17. The molecule has 0 fully saturated rings. The Hall–Kier alpha value is -0.850. The zero-order chi connectivity index (χ0) is 10.5. The minimum absolute atomic E-state index is 0.173. The molecule has 1 nitrogen and oxygen atoms in total. The van der Waals surface area contributed by atoms with E-state index in [1.165, 1.54) is 0 Å². The van der Waals surface area contributed by atoms with E-state index in [-0.39, 0.29) is 5.41 Å². The number of aromatic nitrogens is 1. The van der Waals surface area contributed by atoms with Gasteiger partial charge in [-0.2, -0.15) is 0 Å². The van der Waals surface area contributed by atoms with Crippen LogP contribution in [0.25, 0.3) is 0 Å². The van der Waals surface area contributed by atoms with Crippen LogP contribution < -0.4 is 0 Å². The van der Waals surface area contributed by atoms with Crippen LogP contribution in [0, 0.1) is 6.92 Å². The first-order chi connectivity index (χ1) is 6.00. The topological polar surface area (TPSA) is 12.9 Å². The fraction of sp³-hybridized carbons (Fsp3) is 0.583. The van der Waals surface area contributed by atoms with Crippen LogP contribution in [0.4, 0.5) is 0 Å². The summed E-state index contributed by atoms with van der Waals surface area (Å²) in [6.07, 6.45) is 0. The molecule has 0 aliphatic rings. The third kappa shape index (κ3) is 4.07. The minimum atomic E-state index is 0.173. The van der Waals surface area contributed by atoms with Gasteiger partial charge in [-0.3, -0.25) is 4.98 Å². The monoisotopic (exact) mass is 179 g/mol. The summed E-state index contributed by atoms with van der Waals surface area (Å²) in [7, 11) is 0. The molecule has 1 heteroatoms. The second-order valence-electron chi connectivity index (χ2n) is 3.91. The summed E-state index contributed by atoms with van der Waals surface area (Å²) in [5.41, 5.74) is 2.43. The lowest BCUT2D eigenvalue weighted by atomic mass is 9.91. The Morgan fingerprint density at radius 1 is 1.08 bits per heavy atom. The third-order valence-electron chi connectivity index (χ3n) is 1.66. The van der Waals surface area contributed by atoms with Crippen LogP contribution in [0.3, 0.4) is 0 Å². The Kier molecular flexibility index (Phi) is 4.68. The van der Waals surface area contributed by atoms with Gasteiger partial charge >= 0.3 is 0 Å². The maximum absolute atomic E-state index is 4.44. The predicted molar refractivity (Wildman–Crippen MR) is 59.0 cm³/mol.